The van der Waals surface area contributed by atoms with Crippen molar-refractivity contribution >= 4 is 23.5 Å². The Morgan fingerprint density at radius 3 is 2.34 bits per heavy atom. The Balaban J connectivity index is 2.04. The monoisotopic (exact) mass is 400 g/mol. The second-order valence-corrected chi connectivity index (χ2v) is 6.44. The molecular weight excluding hydrogens is 375 g/mol. The predicted molar refractivity (Wildman–Crippen MR) is 109 cm³/mol. The Morgan fingerprint density at radius 1 is 1.03 bits per heavy atom. The second-order valence-electron chi connectivity index (χ2n) is 6.44. The Kier molecular flexibility index (Phi) is 8.85. The zero-order valence-corrected chi connectivity index (χ0v) is 16.3. The van der Waals surface area contributed by atoms with Crippen molar-refractivity contribution in [1.29, 1.82) is 0 Å². The van der Waals surface area contributed by atoms with Gasteiger partial charge in [0.05, 0.1) is 7.11 Å². The van der Waals surface area contributed by atoms with Gasteiger partial charge in [-0.3, -0.25) is 14.8 Å². The average molecular weight is 400 g/mol. The molecule has 0 saturated carbocycles. The lowest BCUT2D eigenvalue weighted by molar-refractivity contribution is -0.129. The SMILES string of the molecule is COc1ccc(C=C(C(=O)NCCCCCC(=O)NO)c2ccc(F)cc2)cc1. The highest BCUT2D eigenvalue weighted by molar-refractivity contribution is 6.24. The fourth-order valence-electron chi connectivity index (χ4n) is 2.72. The number of hydrogen-bond donors (Lipinski definition) is 3. The fraction of sp³-hybridized carbons (Fsp3) is 0.273. The van der Waals surface area contributed by atoms with Crippen LogP contribution in [0.5, 0.6) is 5.75 Å². The van der Waals surface area contributed by atoms with Crippen LogP contribution in [0.4, 0.5) is 4.39 Å². The summed E-state index contributed by atoms with van der Waals surface area (Å²) in [7, 11) is 1.58. The molecule has 0 aliphatic rings. The molecule has 0 bridgehead atoms. The minimum atomic E-state index is -0.421. The third-order valence-electron chi connectivity index (χ3n) is 4.32. The molecule has 154 valence electrons. The first kappa shape index (κ1) is 22.1. The summed E-state index contributed by atoms with van der Waals surface area (Å²) in [6, 6.07) is 13.0. The van der Waals surface area contributed by atoms with Crippen LogP contribution in [0, 0.1) is 5.82 Å². The molecule has 0 aromatic heterocycles. The molecule has 2 aromatic carbocycles. The summed E-state index contributed by atoms with van der Waals surface area (Å²) >= 11 is 0. The zero-order valence-electron chi connectivity index (χ0n) is 16.3. The van der Waals surface area contributed by atoms with Gasteiger partial charge in [-0.1, -0.05) is 30.7 Å². The van der Waals surface area contributed by atoms with Gasteiger partial charge in [0.2, 0.25) is 5.91 Å². The van der Waals surface area contributed by atoms with E-state index in [1.165, 1.54) is 12.1 Å². The Labute approximate surface area is 169 Å². The summed E-state index contributed by atoms with van der Waals surface area (Å²) in [5, 5.41) is 11.3. The number of benzene rings is 2. The van der Waals surface area contributed by atoms with Crippen molar-refractivity contribution in [2.24, 2.45) is 0 Å². The molecule has 2 rings (SSSR count). The highest BCUT2D eigenvalue weighted by Crippen LogP contribution is 2.21. The largest absolute Gasteiger partial charge is 0.497 e. The first-order valence-corrected chi connectivity index (χ1v) is 9.36. The Hall–Kier alpha value is -3.19. The summed E-state index contributed by atoms with van der Waals surface area (Å²) in [6.07, 6.45) is 4.04. The molecule has 0 radical (unpaired) electrons. The molecule has 0 aliphatic heterocycles. The number of unbranched alkanes of at least 4 members (excludes halogenated alkanes) is 2. The molecule has 0 spiro atoms. The number of halogens is 1. The third kappa shape index (κ3) is 7.38. The number of nitrogens with one attached hydrogen (secondary N) is 2. The van der Waals surface area contributed by atoms with Gasteiger partial charge in [-0.25, -0.2) is 9.87 Å². The Morgan fingerprint density at radius 2 is 1.72 bits per heavy atom. The van der Waals surface area contributed by atoms with Gasteiger partial charge in [-0.15, -0.1) is 0 Å². The topological polar surface area (TPSA) is 87.7 Å². The number of hydroxylamine groups is 1. The van der Waals surface area contributed by atoms with Crippen LogP contribution in [0.15, 0.2) is 48.5 Å². The summed E-state index contributed by atoms with van der Waals surface area (Å²) < 4.78 is 18.4. The van der Waals surface area contributed by atoms with Gasteiger partial charge in [0.15, 0.2) is 0 Å². The van der Waals surface area contributed by atoms with Gasteiger partial charge in [-0.05, 0) is 54.3 Å². The van der Waals surface area contributed by atoms with Crippen molar-refractivity contribution in [1.82, 2.24) is 10.8 Å². The van der Waals surface area contributed by atoms with E-state index < -0.39 is 5.91 Å². The van der Waals surface area contributed by atoms with E-state index in [2.05, 4.69) is 5.32 Å². The van der Waals surface area contributed by atoms with Crippen molar-refractivity contribution in [2.45, 2.75) is 25.7 Å². The number of hydrogen-bond acceptors (Lipinski definition) is 4. The van der Waals surface area contributed by atoms with Gasteiger partial charge in [-0.2, -0.15) is 0 Å². The quantitative estimate of drug-likeness (QED) is 0.187. The van der Waals surface area contributed by atoms with E-state index in [4.69, 9.17) is 9.94 Å². The number of carbonyl (C=O) groups is 2. The van der Waals surface area contributed by atoms with E-state index in [-0.39, 0.29) is 18.1 Å². The van der Waals surface area contributed by atoms with Gasteiger partial charge in [0.1, 0.15) is 11.6 Å². The number of methoxy groups -OCH3 is 1. The number of amides is 2. The molecule has 29 heavy (non-hydrogen) atoms. The normalized spacial score (nSPS) is 11.1. The van der Waals surface area contributed by atoms with E-state index >= 15 is 0 Å². The van der Waals surface area contributed by atoms with Crippen molar-refractivity contribution in [2.75, 3.05) is 13.7 Å². The molecule has 7 heteroatoms. The second kappa shape index (κ2) is 11.6. The number of carbonyl (C=O) groups excluding carboxylic acids is 2. The first-order valence-electron chi connectivity index (χ1n) is 9.36. The molecule has 6 nitrogen and oxygen atoms in total. The van der Waals surface area contributed by atoms with Crippen molar-refractivity contribution in [3.05, 3.63) is 65.5 Å². The predicted octanol–water partition coefficient (Wildman–Crippen LogP) is 3.56. The maximum Gasteiger partial charge on any atom is 0.251 e. The lowest BCUT2D eigenvalue weighted by atomic mass is 10.0. The van der Waals surface area contributed by atoms with Crippen LogP contribution in [0.1, 0.15) is 36.8 Å². The highest BCUT2D eigenvalue weighted by atomic mass is 19.1. The highest BCUT2D eigenvalue weighted by Gasteiger charge is 2.12. The van der Waals surface area contributed by atoms with Crippen molar-refractivity contribution in [3.8, 4) is 5.75 Å². The minimum Gasteiger partial charge on any atom is -0.497 e. The van der Waals surface area contributed by atoms with E-state index in [1.54, 1.807) is 42.9 Å². The van der Waals surface area contributed by atoms with E-state index in [9.17, 15) is 14.0 Å². The summed E-state index contributed by atoms with van der Waals surface area (Å²) in [4.78, 5) is 23.7. The molecule has 0 aliphatic carbocycles. The molecular formula is C22H25FN2O4. The zero-order chi connectivity index (χ0) is 21.1. The molecule has 0 unspecified atom stereocenters. The maximum absolute atomic E-state index is 13.3. The van der Waals surface area contributed by atoms with Crippen molar-refractivity contribution < 1.29 is 23.9 Å². The van der Waals surface area contributed by atoms with Gasteiger partial charge >= 0.3 is 0 Å². The molecule has 0 heterocycles. The van der Waals surface area contributed by atoms with Crippen molar-refractivity contribution in [3.63, 3.8) is 0 Å². The van der Waals surface area contributed by atoms with Crippen LogP contribution in [-0.2, 0) is 9.59 Å². The minimum absolute atomic E-state index is 0.239. The van der Waals surface area contributed by atoms with Crippen LogP contribution < -0.4 is 15.5 Å². The third-order valence-corrected chi connectivity index (χ3v) is 4.32. The van der Waals surface area contributed by atoms with E-state index in [0.29, 0.717) is 36.3 Å². The molecule has 2 aromatic rings. The molecule has 0 saturated heterocycles. The first-order chi connectivity index (χ1) is 14.0. The van der Waals surface area contributed by atoms with Crippen LogP contribution in [0.3, 0.4) is 0 Å². The standard InChI is InChI=1S/C22H25FN2O4/c1-29-19-12-6-16(7-13-19)15-20(17-8-10-18(23)11-9-17)22(27)24-14-4-2-3-5-21(26)25-28/h6-13,15,28H,2-5,14H2,1H3,(H,24,27)(H,25,26). The fourth-order valence-corrected chi connectivity index (χ4v) is 2.72. The lowest BCUT2D eigenvalue weighted by Crippen LogP contribution is -2.25. The summed E-state index contributed by atoms with van der Waals surface area (Å²) in [5.74, 6) is -0.342. The van der Waals surface area contributed by atoms with E-state index in [0.717, 1.165) is 12.0 Å². The Bertz CT molecular complexity index is 833. The van der Waals surface area contributed by atoms with Crippen LogP contribution in [0.25, 0.3) is 11.6 Å². The van der Waals surface area contributed by atoms with Crippen LogP contribution in [-0.4, -0.2) is 30.7 Å². The van der Waals surface area contributed by atoms with Crippen LogP contribution >= 0.6 is 0 Å². The average Bonchev–Trinajstić information content (AvgIpc) is 2.75. The van der Waals surface area contributed by atoms with Crippen LogP contribution in [0.2, 0.25) is 0 Å². The van der Waals surface area contributed by atoms with Gasteiger partial charge < -0.3 is 10.1 Å². The van der Waals surface area contributed by atoms with E-state index in [1.807, 2.05) is 12.1 Å². The molecule has 0 atom stereocenters. The summed E-state index contributed by atoms with van der Waals surface area (Å²) in [5.41, 5.74) is 3.44. The number of rotatable bonds is 10. The molecule has 0 fully saturated rings. The molecule has 3 N–H and O–H groups in total. The summed E-state index contributed by atoms with van der Waals surface area (Å²) in [6.45, 7) is 0.445. The van der Waals surface area contributed by atoms with Gasteiger partial charge in [0, 0.05) is 18.5 Å². The number of ether oxygens (including phenoxy) is 1. The molecule has 2 amide bonds. The smallest absolute Gasteiger partial charge is 0.251 e. The lowest BCUT2D eigenvalue weighted by Gasteiger charge is -2.10. The maximum atomic E-state index is 13.3. The van der Waals surface area contributed by atoms with Gasteiger partial charge in [0.25, 0.3) is 5.91 Å².